The van der Waals surface area contributed by atoms with Crippen LogP contribution >= 0.6 is 0 Å². The number of hydrogen-bond acceptors (Lipinski definition) is 2. The van der Waals surface area contributed by atoms with E-state index in [0.29, 0.717) is 0 Å². The third-order valence-corrected chi connectivity index (χ3v) is 5.56. The lowest BCUT2D eigenvalue weighted by molar-refractivity contribution is 0.296. The molecule has 0 saturated heterocycles. The highest BCUT2D eigenvalue weighted by molar-refractivity contribution is 5.66. The lowest BCUT2D eigenvalue weighted by Crippen LogP contribution is -2.21. The Morgan fingerprint density at radius 1 is 1.00 bits per heavy atom. The first kappa shape index (κ1) is 36.5. The fraction of sp³-hybridized carbons (Fsp3) is 0.500. The average Bonchev–Trinajstić information content (AvgIpc) is 2.85. The standard InChI is InChI=1S/C18H20N2.C10H23N.C4H8.C2H6/c1-4-18(3,20-13-19)17-10-6-9-16(12-17)15-8-5-7-14(2)11-15;1-5-7-10(8-6-2)9-11(3)4;1-4(2)3;1-2/h4-13H,1H2,2-3H3,(H2,19,20);10H,5-9H2,1-4H3;1H2,2-3H3;1-2H3. The monoisotopic (exact) mass is 507 g/mol. The Balaban J connectivity index is 0. The molecule has 1 atom stereocenters. The van der Waals surface area contributed by atoms with Crippen molar-refractivity contribution in [1.29, 1.82) is 0 Å². The normalized spacial score (nSPS) is 11.9. The maximum atomic E-state index is 5.46. The summed E-state index contributed by atoms with van der Waals surface area (Å²) in [6, 6.07) is 16.8. The van der Waals surface area contributed by atoms with Crippen molar-refractivity contribution in [3.63, 3.8) is 0 Å². The van der Waals surface area contributed by atoms with E-state index >= 15 is 0 Å². The van der Waals surface area contributed by atoms with E-state index in [1.807, 2.05) is 52.8 Å². The van der Waals surface area contributed by atoms with Gasteiger partial charge in [0.1, 0.15) is 5.54 Å². The summed E-state index contributed by atoms with van der Waals surface area (Å²) in [5, 5.41) is 0. The summed E-state index contributed by atoms with van der Waals surface area (Å²) in [5.41, 5.74) is 10.8. The van der Waals surface area contributed by atoms with Crippen LogP contribution in [0, 0.1) is 12.8 Å². The number of aryl methyl sites for hydroxylation is 1. The van der Waals surface area contributed by atoms with Crippen LogP contribution in [-0.2, 0) is 5.54 Å². The molecule has 0 heterocycles. The number of rotatable bonds is 10. The molecule has 3 nitrogen and oxygen atoms in total. The third-order valence-electron chi connectivity index (χ3n) is 5.56. The fourth-order valence-electron chi connectivity index (χ4n) is 3.90. The molecular formula is C34H57N3. The molecule has 0 bridgehead atoms. The van der Waals surface area contributed by atoms with Crippen LogP contribution in [0.25, 0.3) is 11.1 Å². The van der Waals surface area contributed by atoms with Gasteiger partial charge in [0.25, 0.3) is 0 Å². The van der Waals surface area contributed by atoms with Crippen molar-refractivity contribution in [2.75, 3.05) is 20.6 Å². The first-order chi connectivity index (χ1) is 17.5. The lowest BCUT2D eigenvalue weighted by atomic mass is 9.90. The van der Waals surface area contributed by atoms with Gasteiger partial charge in [0.2, 0.25) is 0 Å². The summed E-state index contributed by atoms with van der Waals surface area (Å²) in [4.78, 5) is 6.63. The van der Waals surface area contributed by atoms with E-state index in [2.05, 4.69) is 94.3 Å². The van der Waals surface area contributed by atoms with Crippen molar-refractivity contribution in [3.05, 3.63) is 84.5 Å². The summed E-state index contributed by atoms with van der Waals surface area (Å²) < 4.78 is 0. The summed E-state index contributed by atoms with van der Waals surface area (Å²) in [5.74, 6) is 0.931. The highest BCUT2D eigenvalue weighted by Gasteiger charge is 2.21. The second-order valence-corrected chi connectivity index (χ2v) is 9.99. The van der Waals surface area contributed by atoms with Crippen LogP contribution < -0.4 is 5.73 Å². The molecule has 2 aromatic rings. The molecule has 0 radical (unpaired) electrons. The van der Waals surface area contributed by atoms with Crippen LogP contribution in [0.15, 0.2) is 78.3 Å². The van der Waals surface area contributed by atoms with Crippen LogP contribution in [0.2, 0.25) is 0 Å². The minimum absolute atomic E-state index is 0.491. The third kappa shape index (κ3) is 16.7. The summed E-state index contributed by atoms with van der Waals surface area (Å²) >= 11 is 0. The van der Waals surface area contributed by atoms with E-state index in [0.717, 1.165) is 11.5 Å². The van der Waals surface area contributed by atoms with Gasteiger partial charge in [-0.1, -0.05) is 100 Å². The fourth-order valence-corrected chi connectivity index (χ4v) is 3.90. The van der Waals surface area contributed by atoms with E-state index < -0.39 is 5.54 Å². The van der Waals surface area contributed by atoms with E-state index in [1.165, 1.54) is 60.8 Å². The molecule has 0 aliphatic heterocycles. The predicted octanol–water partition coefficient (Wildman–Crippen LogP) is 9.42. The molecule has 0 aliphatic carbocycles. The second-order valence-electron chi connectivity index (χ2n) is 9.99. The van der Waals surface area contributed by atoms with Gasteiger partial charge in [-0.2, -0.15) is 0 Å². The molecule has 208 valence electrons. The van der Waals surface area contributed by atoms with Gasteiger partial charge in [0.05, 0.1) is 6.34 Å². The van der Waals surface area contributed by atoms with Gasteiger partial charge >= 0.3 is 0 Å². The largest absolute Gasteiger partial charge is 0.390 e. The zero-order chi connectivity index (χ0) is 28.9. The minimum atomic E-state index is -0.491. The molecule has 37 heavy (non-hydrogen) atoms. The van der Waals surface area contributed by atoms with Crippen molar-refractivity contribution in [3.8, 4) is 11.1 Å². The van der Waals surface area contributed by atoms with E-state index in [4.69, 9.17) is 5.73 Å². The van der Waals surface area contributed by atoms with Crippen molar-refractivity contribution in [1.82, 2.24) is 4.90 Å². The van der Waals surface area contributed by atoms with Crippen LogP contribution in [0.5, 0.6) is 0 Å². The zero-order valence-electron chi connectivity index (χ0n) is 25.8. The molecule has 0 aliphatic rings. The van der Waals surface area contributed by atoms with E-state index in [-0.39, 0.29) is 0 Å². The number of benzene rings is 2. The van der Waals surface area contributed by atoms with Gasteiger partial charge in [-0.3, -0.25) is 4.99 Å². The molecule has 0 spiro atoms. The average molecular weight is 508 g/mol. The van der Waals surface area contributed by atoms with Crippen molar-refractivity contribution in [2.24, 2.45) is 16.6 Å². The second kappa shape index (κ2) is 21.4. The number of allylic oxidation sites excluding steroid dienone is 1. The number of nitrogens with zero attached hydrogens (tertiary/aromatic N) is 2. The summed E-state index contributed by atoms with van der Waals surface area (Å²) in [7, 11) is 4.33. The van der Waals surface area contributed by atoms with Crippen molar-refractivity contribution in [2.45, 2.75) is 86.6 Å². The Labute approximate surface area is 230 Å². The van der Waals surface area contributed by atoms with Gasteiger partial charge in [-0.15, -0.1) is 13.2 Å². The van der Waals surface area contributed by atoms with Crippen LogP contribution in [-0.4, -0.2) is 31.9 Å². The molecule has 1 unspecified atom stereocenters. The summed E-state index contributed by atoms with van der Waals surface area (Å²) in [6.45, 7) is 25.3. The first-order valence-electron chi connectivity index (χ1n) is 13.9. The molecule has 0 aromatic heterocycles. The highest BCUT2D eigenvalue weighted by Crippen LogP contribution is 2.30. The Bertz CT molecular complexity index is 887. The van der Waals surface area contributed by atoms with Gasteiger partial charge in [0.15, 0.2) is 0 Å². The van der Waals surface area contributed by atoms with Gasteiger partial charge in [0, 0.05) is 6.54 Å². The number of nitrogens with two attached hydrogens (primary N) is 1. The van der Waals surface area contributed by atoms with Gasteiger partial charge in [-0.25, -0.2) is 0 Å². The SMILES string of the molecule is C=C(C)C.C=CC(C)(N=CN)c1cccc(-c2cccc(C)c2)c1.CC.CCCC(CCC)CN(C)C. The topological polar surface area (TPSA) is 41.6 Å². The van der Waals surface area contributed by atoms with Crippen molar-refractivity contribution >= 4 is 6.34 Å². The Kier molecular flexibility index (Phi) is 21.2. The molecule has 3 heteroatoms. The quantitative estimate of drug-likeness (QED) is 0.198. The molecule has 0 saturated carbocycles. The molecule has 0 fully saturated rings. The van der Waals surface area contributed by atoms with Crippen LogP contribution in [0.1, 0.15) is 85.3 Å². The van der Waals surface area contributed by atoms with Crippen molar-refractivity contribution < 1.29 is 0 Å². The summed E-state index contributed by atoms with van der Waals surface area (Å²) in [6.07, 6.45) is 8.60. The van der Waals surface area contributed by atoms with E-state index in [1.54, 1.807) is 0 Å². The lowest BCUT2D eigenvalue weighted by Gasteiger charge is -2.21. The molecule has 2 N–H and O–H groups in total. The molecule has 0 amide bonds. The molecular weight excluding hydrogens is 450 g/mol. The van der Waals surface area contributed by atoms with Crippen LogP contribution in [0.4, 0.5) is 0 Å². The Morgan fingerprint density at radius 3 is 1.89 bits per heavy atom. The van der Waals surface area contributed by atoms with E-state index in [9.17, 15) is 0 Å². The smallest absolute Gasteiger partial charge is 0.102 e. The zero-order valence-corrected chi connectivity index (χ0v) is 25.8. The molecule has 2 aromatic carbocycles. The first-order valence-corrected chi connectivity index (χ1v) is 13.9. The Hall–Kier alpha value is -2.65. The minimum Gasteiger partial charge on any atom is -0.390 e. The Morgan fingerprint density at radius 2 is 1.49 bits per heavy atom. The molecule has 2 rings (SSSR count). The maximum Gasteiger partial charge on any atom is 0.102 e. The number of aliphatic imine (C=N–C) groups is 1. The predicted molar refractivity (Wildman–Crippen MR) is 171 cm³/mol. The van der Waals surface area contributed by atoms with Crippen LogP contribution in [0.3, 0.4) is 0 Å². The van der Waals surface area contributed by atoms with Gasteiger partial charge < -0.3 is 10.6 Å². The number of hydrogen-bond donors (Lipinski definition) is 1. The maximum absolute atomic E-state index is 5.46. The highest BCUT2D eigenvalue weighted by atomic mass is 15.1. The van der Waals surface area contributed by atoms with Gasteiger partial charge in [-0.05, 0) is 83.3 Å².